The summed E-state index contributed by atoms with van der Waals surface area (Å²) in [6.07, 6.45) is 0. The van der Waals surface area contributed by atoms with Crippen molar-refractivity contribution in [3.8, 4) is 0 Å². The standard InChI is InChI=1S/C9H10O2/c1-6-3-7(2)5-8(4-6)9(10)11/h3-5H,1-2H3,(H,10,11)/i1+1. The highest BCUT2D eigenvalue weighted by atomic mass is 16.4. The summed E-state index contributed by atoms with van der Waals surface area (Å²) in [5, 5.41) is 8.63. The van der Waals surface area contributed by atoms with Gasteiger partial charge in [0.25, 0.3) is 0 Å². The zero-order valence-corrected chi connectivity index (χ0v) is 6.59. The number of rotatable bonds is 1. The summed E-state index contributed by atoms with van der Waals surface area (Å²) in [4.78, 5) is 10.5. The van der Waals surface area contributed by atoms with Crippen molar-refractivity contribution in [2.45, 2.75) is 13.8 Å². The molecule has 58 valence electrons. The minimum Gasteiger partial charge on any atom is -0.478 e. The summed E-state index contributed by atoms with van der Waals surface area (Å²) in [6, 6.07) is 5.27. The molecule has 0 saturated heterocycles. The molecule has 0 saturated carbocycles. The molecule has 1 rings (SSSR count). The predicted molar refractivity (Wildman–Crippen MR) is 42.9 cm³/mol. The van der Waals surface area contributed by atoms with E-state index in [1.165, 1.54) is 0 Å². The molecule has 11 heavy (non-hydrogen) atoms. The van der Waals surface area contributed by atoms with Gasteiger partial charge in [-0.2, -0.15) is 0 Å². The van der Waals surface area contributed by atoms with Gasteiger partial charge in [0.1, 0.15) is 0 Å². The van der Waals surface area contributed by atoms with E-state index in [1.807, 2.05) is 19.9 Å². The van der Waals surface area contributed by atoms with Crippen LogP contribution in [0, 0.1) is 13.8 Å². The van der Waals surface area contributed by atoms with Crippen molar-refractivity contribution in [2.75, 3.05) is 0 Å². The van der Waals surface area contributed by atoms with Crippen molar-refractivity contribution in [3.63, 3.8) is 0 Å². The fourth-order valence-electron chi connectivity index (χ4n) is 1.10. The molecule has 0 aliphatic heterocycles. The Bertz CT molecular complexity index is 269. The van der Waals surface area contributed by atoms with Crippen LogP contribution in [0.25, 0.3) is 0 Å². The number of hydrogen-bond donors (Lipinski definition) is 1. The second-order valence-corrected chi connectivity index (χ2v) is 2.68. The lowest BCUT2D eigenvalue weighted by Gasteiger charge is -1.98. The SMILES string of the molecule is Cc1cc([13CH3])cc(C(=O)O)c1. The van der Waals surface area contributed by atoms with Gasteiger partial charge < -0.3 is 5.11 Å². The minimum absolute atomic E-state index is 0.363. The molecule has 0 aliphatic rings. The Kier molecular flexibility index (Phi) is 1.94. The highest BCUT2D eigenvalue weighted by Gasteiger charge is 2.02. The lowest BCUT2D eigenvalue weighted by atomic mass is 10.1. The first-order chi connectivity index (χ1) is 5.09. The van der Waals surface area contributed by atoms with Gasteiger partial charge in [0.05, 0.1) is 5.56 Å². The van der Waals surface area contributed by atoms with Crippen LogP contribution in [-0.4, -0.2) is 11.1 Å². The smallest absolute Gasteiger partial charge is 0.335 e. The summed E-state index contributed by atoms with van der Waals surface area (Å²) >= 11 is 0. The van der Waals surface area contributed by atoms with Crippen molar-refractivity contribution in [1.82, 2.24) is 0 Å². The maximum Gasteiger partial charge on any atom is 0.335 e. The van der Waals surface area contributed by atoms with Crippen LogP contribution < -0.4 is 0 Å². The largest absolute Gasteiger partial charge is 0.478 e. The summed E-state index contributed by atoms with van der Waals surface area (Å²) in [5.74, 6) is -0.864. The van der Waals surface area contributed by atoms with E-state index < -0.39 is 5.97 Å². The van der Waals surface area contributed by atoms with Crippen LogP contribution in [0.4, 0.5) is 0 Å². The van der Waals surface area contributed by atoms with Crippen LogP contribution in [0.2, 0.25) is 0 Å². The first-order valence-corrected chi connectivity index (χ1v) is 3.41. The molecule has 0 aromatic heterocycles. The molecule has 1 N–H and O–H groups in total. The second-order valence-electron chi connectivity index (χ2n) is 2.68. The number of aromatic carboxylic acids is 1. The van der Waals surface area contributed by atoms with Crippen molar-refractivity contribution in [1.29, 1.82) is 0 Å². The maximum atomic E-state index is 10.5. The monoisotopic (exact) mass is 151 g/mol. The first-order valence-electron chi connectivity index (χ1n) is 3.41. The average molecular weight is 151 g/mol. The van der Waals surface area contributed by atoms with Crippen LogP contribution in [-0.2, 0) is 0 Å². The molecule has 0 atom stereocenters. The number of benzene rings is 1. The molecule has 1 aromatic rings. The molecule has 0 radical (unpaired) electrons. The zero-order valence-electron chi connectivity index (χ0n) is 6.59. The Morgan fingerprint density at radius 2 is 1.64 bits per heavy atom. The fourth-order valence-corrected chi connectivity index (χ4v) is 1.10. The summed E-state index contributed by atoms with van der Waals surface area (Å²) in [7, 11) is 0. The Hall–Kier alpha value is -1.31. The highest BCUT2D eigenvalue weighted by Crippen LogP contribution is 2.08. The quantitative estimate of drug-likeness (QED) is 0.623. The van der Waals surface area contributed by atoms with Crippen LogP contribution in [0.1, 0.15) is 21.5 Å². The van der Waals surface area contributed by atoms with Gasteiger partial charge in [0, 0.05) is 0 Å². The van der Waals surface area contributed by atoms with E-state index >= 15 is 0 Å². The van der Waals surface area contributed by atoms with Gasteiger partial charge in [0.2, 0.25) is 0 Å². The third-order valence-corrected chi connectivity index (χ3v) is 1.47. The molecule has 0 bridgehead atoms. The van der Waals surface area contributed by atoms with E-state index in [9.17, 15) is 4.79 Å². The predicted octanol–water partition coefficient (Wildman–Crippen LogP) is 2.00. The van der Waals surface area contributed by atoms with Crippen LogP contribution in [0.15, 0.2) is 18.2 Å². The first kappa shape index (κ1) is 7.79. The molecule has 1 aromatic carbocycles. The van der Waals surface area contributed by atoms with Crippen molar-refractivity contribution in [2.24, 2.45) is 0 Å². The lowest BCUT2D eigenvalue weighted by Crippen LogP contribution is -1.96. The van der Waals surface area contributed by atoms with Gasteiger partial charge in [0.15, 0.2) is 0 Å². The summed E-state index contributed by atoms with van der Waals surface area (Å²) in [5.41, 5.74) is 2.34. The van der Waals surface area contributed by atoms with E-state index in [1.54, 1.807) is 12.1 Å². The summed E-state index contributed by atoms with van der Waals surface area (Å²) in [6.45, 7) is 3.78. The fraction of sp³-hybridized carbons (Fsp3) is 0.222. The highest BCUT2D eigenvalue weighted by molar-refractivity contribution is 5.88. The third kappa shape index (κ3) is 1.80. The Morgan fingerprint density at radius 1 is 1.18 bits per heavy atom. The Balaban J connectivity index is 3.19. The van der Waals surface area contributed by atoms with E-state index in [0.29, 0.717) is 5.56 Å². The van der Waals surface area contributed by atoms with Crippen LogP contribution in [0.5, 0.6) is 0 Å². The second kappa shape index (κ2) is 2.74. The number of carboxylic acids is 1. The number of aryl methyl sites for hydroxylation is 2. The molecule has 0 aliphatic carbocycles. The molecule has 2 nitrogen and oxygen atoms in total. The molecular formula is C9H10O2. The van der Waals surface area contributed by atoms with Gasteiger partial charge in [-0.3, -0.25) is 0 Å². The zero-order chi connectivity index (χ0) is 8.43. The van der Waals surface area contributed by atoms with E-state index in [0.717, 1.165) is 11.1 Å². The van der Waals surface area contributed by atoms with Crippen molar-refractivity contribution >= 4 is 5.97 Å². The number of carboxylic acid groups (broad SMARTS) is 1. The van der Waals surface area contributed by atoms with Crippen molar-refractivity contribution in [3.05, 3.63) is 34.9 Å². The lowest BCUT2D eigenvalue weighted by molar-refractivity contribution is 0.0696. The molecule has 2 heteroatoms. The number of carbonyl (C=O) groups is 1. The Morgan fingerprint density at radius 3 is 2.00 bits per heavy atom. The molecular weight excluding hydrogens is 141 g/mol. The molecule has 0 spiro atoms. The normalized spacial score (nSPS) is 9.64. The molecule has 0 fully saturated rings. The average Bonchev–Trinajstić information content (AvgIpc) is 1.85. The number of hydrogen-bond acceptors (Lipinski definition) is 1. The van der Waals surface area contributed by atoms with Gasteiger partial charge in [-0.15, -0.1) is 0 Å². The maximum absolute atomic E-state index is 10.5. The van der Waals surface area contributed by atoms with E-state index in [-0.39, 0.29) is 0 Å². The molecule has 0 unspecified atom stereocenters. The van der Waals surface area contributed by atoms with Crippen molar-refractivity contribution < 1.29 is 9.90 Å². The van der Waals surface area contributed by atoms with Gasteiger partial charge in [-0.05, 0) is 26.0 Å². The van der Waals surface area contributed by atoms with Gasteiger partial charge in [-0.1, -0.05) is 17.2 Å². The minimum atomic E-state index is -0.864. The third-order valence-electron chi connectivity index (χ3n) is 1.47. The van der Waals surface area contributed by atoms with Gasteiger partial charge in [-0.25, -0.2) is 4.79 Å². The van der Waals surface area contributed by atoms with E-state index in [2.05, 4.69) is 0 Å². The summed E-state index contributed by atoms with van der Waals surface area (Å²) < 4.78 is 0. The van der Waals surface area contributed by atoms with Crippen LogP contribution in [0.3, 0.4) is 0 Å². The topological polar surface area (TPSA) is 37.3 Å². The van der Waals surface area contributed by atoms with E-state index in [4.69, 9.17) is 5.11 Å². The molecule has 0 heterocycles. The molecule has 0 amide bonds. The van der Waals surface area contributed by atoms with Gasteiger partial charge >= 0.3 is 5.97 Å². The Labute approximate surface area is 65.5 Å². The van der Waals surface area contributed by atoms with Crippen LogP contribution >= 0.6 is 0 Å².